The first-order valence-electron chi connectivity index (χ1n) is 16.5. The first kappa shape index (κ1) is 38.2. The van der Waals surface area contributed by atoms with Gasteiger partial charge in [-0.25, -0.2) is 14.7 Å². The van der Waals surface area contributed by atoms with E-state index in [1.54, 1.807) is 13.8 Å². The summed E-state index contributed by atoms with van der Waals surface area (Å²) in [6, 6.07) is 0. The van der Waals surface area contributed by atoms with Crippen LogP contribution in [0.15, 0.2) is 0 Å². The molecule has 0 radical (unpaired) electrons. The van der Waals surface area contributed by atoms with Crippen molar-refractivity contribution in [3.05, 3.63) is 0 Å². The summed E-state index contributed by atoms with van der Waals surface area (Å²) in [5.74, 6) is -1.99. The van der Waals surface area contributed by atoms with Crippen LogP contribution in [0.4, 0.5) is 0 Å². The van der Waals surface area contributed by atoms with Gasteiger partial charge in [0.2, 0.25) is 0 Å². The maximum absolute atomic E-state index is 13.0. The molecule has 0 aromatic rings. The highest BCUT2D eigenvalue weighted by Crippen LogP contribution is 2.71. The number of esters is 1. The number of aliphatic hydroxyl groups is 2. The highest BCUT2D eigenvalue weighted by molar-refractivity contribution is 7.89. The van der Waals surface area contributed by atoms with Crippen molar-refractivity contribution in [1.82, 2.24) is 0 Å². The third-order valence-electron chi connectivity index (χ3n) is 12.0. The highest BCUT2D eigenvalue weighted by atomic mass is 32.2. The Morgan fingerprint density at radius 2 is 1.85 bits per heavy atom. The van der Waals surface area contributed by atoms with Crippen molar-refractivity contribution in [3.63, 3.8) is 0 Å². The number of hydrogen-bond acceptors (Lipinski definition) is 16. The number of aliphatic carboxylic acids is 1. The van der Waals surface area contributed by atoms with Crippen LogP contribution in [0, 0.1) is 46.3 Å². The van der Waals surface area contributed by atoms with Crippen molar-refractivity contribution in [1.29, 1.82) is 0 Å². The zero-order chi connectivity index (χ0) is 35.0. The van der Waals surface area contributed by atoms with Crippen LogP contribution in [0.25, 0.3) is 0 Å². The van der Waals surface area contributed by atoms with Crippen molar-refractivity contribution in [2.24, 2.45) is 46.3 Å². The lowest BCUT2D eigenvalue weighted by Crippen LogP contribution is -2.64. The predicted octanol–water partition coefficient (Wildman–Crippen LogP) is 3.19. The minimum atomic E-state index is -2.58. The van der Waals surface area contributed by atoms with Crippen molar-refractivity contribution in [2.75, 3.05) is 6.61 Å². The van der Waals surface area contributed by atoms with E-state index in [0.29, 0.717) is 18.8 Å². The van der Waals surface area contributed by atoms with Crippen LogP contribution in [-0.4, -0.2) is 90.6 Å². The van der Waals surface area contributed by atoms with E-state index in [1.807, 2.05) is 0 Å². The minimum Gasteiger partial charge on any atom is -0.481 e. The standard InChI is InChI=1S/C30H48O16S2/c1-14(2)9-22(32)41-24-23(42-47-45-43-36)25(48(38)46-44-37)20(13-31)40-28(24)39-17-10-18(27(34)35)19-7-8-30-11-16(15(3)26(30)33)5-6-21(30)29(19,4)12-17/h14-21,23-26,28,31,33,36-37H,5-13H2,1-4H3,(H,34,35)/t15?,16?,17?,18?,19?,20-,21?,23+,24?,25+,26-,28+,29?,30?,48?/m0/s1. The Morgan fingerprint density at radius 1 is 1.10 bits per heavy atom. The van der Waals surface area contributed by atoms with Gasteiger partial charge in [-0.3, -0.25) is 13.8 Å². The maximum atomic E-state index is 13.0. The van der Waals surface area contributed by atoms with Crippen LogP contribution in [0.5, 0.6) is 0 Å². The van der Waals surface area contributed by atoms with Gasteiger partial charge in [0, 0.05) is 11.8 Å². The van der Waals surface area contributed by atoms with Crippen LogP contribution in [-0.2, 0) is 57.8 Å². The van der Waals surface area contributed by atoms with Gasteiger partial charge < -0.3 is 29.5 Å². The van der Waals surface area contributed by atoms with E-state index in [4.69, 9.17) is 28.9 Å². The average Bonchev–Trinajstić information content (AvgIpc) is 3.20. The monoisotopic (exact) mass is 728 g/mol. The van der Waals surface area contributed by atoms with Crippen LogP contribution in [0.3, 0.4) is 0 Å². The largest absolute Gasteiger partial charge is 0.481 e. The summed E-state index contributed by atoms with van der Waals surface area (Å²) in [7, 11) is 0. The van der Waals surface area contributed by atoms with E-state index in [1.165, 1.54) is 0 Å². The molecule has 18 heteroatoms. The van der Waals surface area contributed by atoms with Gasteiger partial charge in [-0.15, -0.1) is 8.67 Å². The van der Waals surface area contributed by atoms with Gasteiger partial charge >= 0.3 is 11.9 Å². The molecule has 10 unspecified atom stereocenters. The van der Waals surface area contributed by atoms with E-state index in [9.17, 15) is 29.1 Å². The number of carbonyl (C=O) groups excluding carboxylic acids is 1. The second-order valence-corrected chi connectivity index (χ2v) is 16.5. The van der Waals surface area contributed by atoms with Gasteiger partial charge in [0.15, 0.2) is 35.8 Å². The van der Waals surface area contributed by atoms with Gasteiger partial charge in [0.1, 0.15) is 17.5 Å². The number of ether oxygens (including phenoxy) is 3. The molecule has 2 bridgehead atoms. The Hall–Kier alpha value is -1.00. The number of fused-ring (bicyclic) bond motifs is 3. The molecule has 1 heterocycles. The van der Waals surface area contributed by atoms with E-state index >= 15 is 0 Å². The smallest absolute Gasteiger partial charge is 0.306 e. The predicted molar refractivity (Wildman–Crippen MR) is 164 cm³/mol. The summed E-state index contributed by atoms with van der Waals surface area (Å²) in [5.41, 5.74) is -0.808. The molecule has 1 saturated heterocycles. The molecule has 4 saturated carbocycles. The van der Waals surface area contributed by atoms with Crippen LogP contribution in [0.1, 0.15) is 79.1 Å². The lowest BCUT2D eigenvalue weighted by atomic mass is 9.43. The molecule has 5 N–H and O–H groups in total. The van der Waals surface area contributed by atoms with Gasteiger partial charge in [0.05, 0.1) is 24.7 Å². The van der Waals surface area contributed by atoms with Gasteiger partial charge in [-0.05, 0) is 80.0 Å². The molecule has 276 valence electrons. The fourth-order valence-electron chi connectivity index (χ4n) is 10.2. The van der Waals surface area contributed by atoms with Crippen LogP contribution < -0.4 is 0 Å². The molecule has 0 aromatic heterocycles. The molecule has 0 amide bonds. The molecule has 16 nitrogen and oxygen atoms in total. The van der Waals surface area contributed by atoms with Crippen LogP contribution in [0.2, 0.25) is 0 Å². The highest BCUT2D eigenvalue weighted by Gasteiger charge is 2.67. The van der Waals surface area contributed by atoms with Gasteiger partial charge in [0.25, 0.3) is 0 Å². The van der Waals surface area contributed by atoms with E-state index in [-0.39, 0.29) is 54.3 Å². The van der Waals surface area contributed by atoms with Crippen molar-refractivity contribution >= 4 is 35.3 Å². The molecule has 1 spiro atoms. The number of aliphatic hydroxyl groups excluding tert-OH is 2. The molecule has 5 fully saturated rings. The average molecular weight is 729 g/mol. The number of hydrogen-bond donors (Lipinski definition) is 5. The minimum absolute atomic E-state index is 0.0253. The van der Waals surface area contributed by atoms with Crippen molar-refractivity contribution in [2.45, 2.75) is 121 Å². The summed E-state index contributed by atoms with van der Waals surface area (Å²) in [5, 5.41) is 55.6. The zero-order valence-corrected chi connectivity index (χ0v) is 29.0. The molecular formula is C30H48O16S2. The molecule has 15 atom stereocenters. The van der Waals surface area contributed by atoms with E-state index in [2.05, 4.69) is 32.6 Å². The SMILES string of the molecule is CC(C)CC(=O)OC1[C@H](OC2CC(C(=O)O)C3CCC45CC(CCC4C3(C)C2)C(C)[C@@H]5O)O[C@@H](CO)[C@@H](S(=O)OOO)[C@@H]1OSOOO. The summed E-state index contributed by atoms with van der Waals surface area (Å²) >= 11 is -2.49. The maximum Gasteiger partial charge on any atom is 0.306 e. The lowest BCUT2D eigenvalue weighted by molar-refractivity contribution is -0.436. The first-order chi connectivity index (χ1) is 22.8. The van der Waals surface area contributed by atoms with Crippen molar-refractivity contribution < 1.29 is 76.8 Å². The molecule has 1 aliphatic heterocycles. The quantitative estimate of drug-likeness (QED) is 0.0432. The normalized spacial score (nSPS) is 44.5. The second kappa shape index (κ2) is 15.7. The Balaban J connectivity index is 1.48. The number of rotatable bonds is 14. The Labute approximate surface area is 285 Å². The second-order valence-electron chi connectivity index (χ2n) is 14.8. The molecule has 5 aliphatic rings. The summed E-state index contributed by atoms with van der Waals surface area (Å²) in [4.78, 5) is 25.9. The molecule has 48 heavy (non-hydrogen) atoms. The Kier molecular flexibility index (Phi) is 12.5. The van der Waals surface area contributed by atoms with Crippen molar-refractivity contribution in [3.8, 4) is 0 Å². The first-order valence-corrected chi connectivity index (χ1v) is 18.3. The van der Waals surface area contributed by atoms with Gasteiger partial charge in [-0.1, -0.05) is 37.8 Å². The molecule has 4 aliphatic carbocycles. The summed E-state index contributed by atoms with van der Waals surface area (Å²) in [6.07, 6.45) is -2.28. The topological polar surface area (TPSA) is 226 Å². The summed E-state index contributed by atoms with van der Waals surface area (Å²) < 4.78 is 45.8. The van der Waals surface area contributed by atoms with E-state index < -0.39 is 83.0 Å². The molecule has 0 aromatic carbocycles. The van der Waals surface area contributed by atoms with E-state index in [0.717, 1.165) is 25.7 Å². The fraction of sp³-hybridized carbons (Fsp3) is 0.933. The number of carbonyl (C=O) groups is 2. The number of carboxylic acids is 1. The molecule has 5 rings (SSSR count). The van der Waals surface area contributed by atoms with Gasteiger partial charge in [-0.2, -0.15) is 0 Å². The van der Waals surface area contributed by atoms with Crippen LogP contribution >= 0.6 is 12.3 Å². The number of carboxylic acid groups (broad SMARTS) is 1. The lowest BCUT2D eigenvalue weighted by Gasteiger charge is -2.62. The third-order valence-corrected chi connectivity index (χ3v) is 13.6. The summed E-state index contributed by atoms with van der Waals surface area (Å²) in [6.45, 7) is 7.06. The zero-order valence-electron chi connectivity index (χ0n) is 27.4. The Bertz CT molecular complexity index is 1160. The third kappa shape index (κ3) is 7.20. The molecular weight excluding hydrogens is 680 g/mol. The fourth-order valence-corrected chi connectivity index (χ4v) is 11.6. The Morgan fingerprint density at radius 3 is 2.50 bits per heavy atom.